The summed E-state index contributed by atoms with van der Waals surface area (Å²) in [5, 5.41) is 5.87. The number of likely N-dealkylation sites (tertiary alicyclic amines) is 1. The van der Waals surface area contributed by atoms with Gasteiger partial charge < -0.3 is 5.32 Å². The topological polar surface area (TPSA) is 45.2 Å². The molecule has 2 aliphatic rings. The molecule has 1 unspecified atom stereocenters. The van der Waals surface area contributed by atoms with Gasteiger partial charge in [-0.05, 0) is 44.4 Å². The van der Waals surface area contributed by atoms with Gasteiger partial charge in [0.05, 0.1) is 11.4 Å². The third-order valence-electron chi connectivity index (χ3n) is 5.40. The zero-order valence-corrected chi connectivity index (χ0v) is 16.1. The second kappa shape index (κ2) is 7.98. The summed E-state index contributed by atoms with van der Waals surface area (Å²) in [5.41, 5.74) is 0. The van der Waals surface area contributed by atoms with Crippen LogP contribution in [-0.2, 0) is 6.54 Å². The molecule has 0 bridgehead atoms. The summed E-state index contributed by atoms with van der Waals surface area (Å²) in [4.78, 5) is 21.5. The number of nitrogens with one attached hydrogen (secondary N) is 1. The Morgan fingerprint density at radius 3 is 2.88 bits per heavy atom. The fourth-order valence-corrected chi connectivity index (χ4v) is 5.82. The molecule has 1 aliphatic heterocycles. The zero-order chi connectivity index (χ0) is 17.1. The van der Waals surface area contributed by atoms with Crippen LogP contribution in [-0.4, -0.2) is 28.4 Å². The maximum atomic E-state index is 12.4. The minimum Gasteiger partial charge on any atom is -0.345 e. The maximum absolute atomic E-state index is 12.4. The van der Waals surface area contributed by atoms with Crippen LogP contribution in [0.3, 0.4) is 0 Å². The van der Waals surface area contributed by atoms with E-state index in [0.717, 1.165) is 15.9 Å². The summed E-state index contributed by atoms with van der Waals surface area (Å²) < 4.78 is 0. The number of thiazole rings is 1. The molecule has 2 aromatic rings. The number of hydrogen-bond donors (Lipinski definition) is 1. The van der Waals surface area contributed by atoms with Crippen LogP contribution < -0.4 is 5.32 Å². The number of thiophene rings is 1. The van der Waals surface area contributed by atoms with Gasteiger partial charge in [0.1, 0.15) is 5.01 Å². The lowest BCUT2D eigenvalue weighted by molar-refractivity contribution is 0.0955. The van der Waals surface area contributed by atoms with E-state index >= 15 is 0 Å². The first-order chi connectivity index (χ1) is 12.3. The van der Waals surface area contributed by atoms with Crippen molar-refractivity contribution >= 4 is 28.6 Å². The third-order valence-corrected chi connectivity index (χ3v) is 7.37. The van der Waals surface area contributed by atoms with Crippen molar-refractivity contribution in [3.8, 4) is 0 Å². The highest BCUT2D eigenvalue weighted by molar-refractivity contribution is 7.14. The van der Waals surface area contributed by atoms with Crippen molar-refractivity contribution in [3.05, 3.63) is 38.5 Å². The van der Waals surface area contributed by atoms with Crippen molar-refractivity contribution in [2.75, 3.05) is 6.54 Å². The molecule has 1 N–H and O–H groups in total. The molecule has 3 heterocycles. The number of rotatable bonds is 5. The van der Waals surface area contributed by atoms with E-state index in [0.29, 0.717) is 12.6 Å². The van der Waals surface area contributed by atoms with Gasteiger partial charge in [0, 0.05) is 28.5 Å². The third kappa shape index (κ3) is 3.96. The first kappa shape index (κ1) is 17.2. The Hall–Kier alpha value is -1.24. The van der Waals surface area contributed by atoms with Gasteiger partial charge >= 0.3 is 0 Å². The van der Waals surface area contributed by atoms with Crippen molar-refractivity contribution in [2.45, 2.75) is 63.6 Å². The van der Waals surface area contributed by atoms with Gasteiger partial charge in [-0.25, -0.2) is 4.98 Å². The predicted octanol–water partition coefficient (Wildman–Crippen LogP) is 4.60. The molecule has 1 amide bonds. The van der Waals surface area contributed by atoms with Crippen LogP contribution in [0.1, 0.15) is 70.5 Å². The molecule has 2 fully saturated rings. The fourth-order valence-electron chi connectivity index (χ4n) is 4.18. The number of carbonyl (C=O) groups is 1. The van der Waals surface area contributed by atoms with E-state index in [1.807, 2.05) is 11.4 Å². The molecule has 4 rings (SSSR count). The van der Waals surface area contributed by atoms with Crippen LogP contribution in [0, 0.1) is 0 Å². The van der Waals surface area contributed by atoms with Crippen molar-refractivity contribution in [3.63, 3.8) is 0 Å². The molecule has 2 aromatic heterocycles. The van der Waals surface area contributed by atoms with E-state index in [1.54, 1.807) is 28.9 Å². The standard InChI is InChI=1S/C19H25N3OS2/c23-19(21-13-18-20-10-12-24-18)17-9-8-16(25-17)15-7-4-11-22(15)14-5-2-1-3-6-14/h8-10,12,14-15H,1-7,11,13H2,(H,21,23). The molecule has 1 aliphatic carbocycles. The summed E-state index contributed by atoms with van der Waals surface area (Å²) in [7, 11) is 0. The van der Waals surface area contributed by atoms with Crippen LogP contribution in [0.2, 0.25) is 0 Å². The van der Waals surface area contributed by atoms with Gasteiger partial charge in [-0.1, -0.05) is 19.3 Å². The lowest BCUT2D eigenvalue weighted by Crippen LogP contribution is -2.35. The van der Waals surface area contributed by atoms with E-state index in [-0.39, 0.29) is 5.91 Å². The van der Waals surface area contributed by atoms with Gasteiger partial charge in [0.2, 0.25) is 0 Å². The molecule has 1 saturated heterocycles. The Bertz CT molecular complexity index is 691. The van der Waals surface area contributed by atoms with E-state index in [4.69, 9.17) is 0 Å². The van der Waals surface area contributed by atoms with E-state index in [9.17, 15) is 4.79 Å². The second-order valence-electron chi connectivity index (χ2n) is 7.00. The largest absolute Gasteiger partial charge is 0.345 e. The van der Waals surface area contributed by atoms with E-state index < -0.39 is 0 Å². The Morgan fingerprint density at radius 1 is 1.20 bits per heavy atom. The first-order valence-electron chi connectivity index (χ1n) is 9.33. The van der Waals surface area contributed by atoms with Crippen molar-refractivity contribution < 1.29 is 4.79 Å². The quantitative estimate of drug-likeness (QED) is 0.830. The Labute approximate surface area is 157 Å². The molecule has 0 aromatic carbocycles. The minimum absolute atomic E-state index is 0.0219. The van der Waals surface area contributed by atoms with Crippen molar-refractivity contribution in [2.24, 2.45) is 0 Å². The Morgan fingerprint density at radius 2 is 2.08 bits per heavy atom. The van der Waals surface area contributed by atoms with E-state index in [1.165, 1.54) is 56.4 Å². The lowest BCUT2D eigenvalue weighted by Gasteiger charge is -2.35. The summed E-state index contributed by atoms with van der Waals surface area (Å²) in [6.45, 7) is 1.74. The maximum Gasteiger partial charge on any atom is 0.261 e. The summed E-state index contributed by atoms with van der Waals surface area (Å²) in [6.07, 6.45) is 11.1. The van der Waals surface area contributed by atoms with Crippen molar-refractivity contribution in [1.82, 2.24) is 15.2 Å². The highest BCUT2D eigenvalue weighted by Gasteiger charge is 2.33. The average Bonchev–Trinajstić information content (AvgIpc) is 3.41. The van der Waals surface area contributed by atoms with Gasteiger partial charge in [-0.3, -0.25) is 9.69 Å². The van der Waals surface area contributed by atoms with Gasteiger partial charge in [-0.2, -0.15) is 0 Å². The number of hydrogen-bond acceptors (Lipinski definition) is 5. The predicted molar refractivity (Wildman–Crippen MR) is 103 cm³/mol. The fraction of sp³-hybridized carbons (Fsp3) is 0.579. The molecule has 6 heteroatoms. The molecule has 4 nitrogen and oxygen atoms in total. The van der Waals surface area contributed by atoms with E-state index in [2.05, 4.69) is 21.3 Å². The lowest BCUT2D eigenvalue weighted by atomic mass is 9.93. The molecule has 0 spiro atoms. The number of amides is 1. The monoisotopic (exact) mass is 375 g/mol. The van der Waals surface area contributed by atoms with Gasteiger partial charge in [0.15, 0.2) is 0 Å². The molecule has 0 radical (unpaired) electrons. The molecule has 25 heavy (non-hydrogen) atoms. The van der Waals surface area contributed by atoms with Crippen LogP contribution in [0.5, 0.6) is 0 Å². The van der Waals surface area contributed by atoms with Gasteiger partial charge in [0.25, 0.3) is 5.91 Å². The van der Waals surface area contributed by atoms with Gasteiger partial charge in [-0.15, -0.1) is 22.7 Å². The molecule has 1 atom stereocenters. The highest BCUT2D eigenvalue weighted by Crippen LogP contribution is 2.40. The normalized spacial score (nSPS) is 22.3. The zero-order valence-electron chi connectivity index (χ0n) is 14.4. The van der Waals surface area contributed by atoms with Crippen LogP contribution in [0.15, 0.2) is 23.7 Å². The molecule has 1 saturated carbocycles. The van der Waals surface area contributed by atoms with Crippen LogP contribution in [0.4, 0.5) is 0 Å². The summed E-state index contributed by atoms with van der Waals surface area (Å²) >= 11 is 3.25. The Kier molecular flexibility index (Phi) is 5.48. The minimum atomic E-state index is 0.0219. The number of carbonyl (C=O) groups excluding carboxylic acids is 1. The highest BCUT2D eigenvalue weighted by atomic mass is 32.1. The first-order valence-corrected chi connectivity index (χ1v) is 11.0. The Balaban J connectivity index is 1.40. The number of nitrogens with zero attached hydrogens (tertiary/aromatic N) is 2. The van der Waals surface area contributed by atoms with Crippen molar-refractivity contribution in [1.29, 1.82) is 0 Å². The smallest absolute Gasteiger partial charge is 0.261 e. The number of aromatic nitrogens is 1. The average molecular weight is 376 g/mol. The second-order valence-corrected chi connectivity index (χ2v) is 9.09. The SMILES string of the molecule is O=C(NCc1nccs1)c1ccc(C2CCCN2C2CCCCC2)s1. The summed E-state index contributed by atoms with van der Waals surface area (Å²) in [5.74, 6) is 0.0219. The molecular formula is C19H25N3OS2. The summed E-state index contributed by atoms with van der Waals surface area (Å²) in [6, 6.07) is 5.45. The molecule has 134 valence electrons. The van der Waals surface area contributed by atoms with Crippen LogP contribution >= 0.6 is 22.7 Å². The van der Waals surface area contributed by atoms with Crippen LogP contribution in [0.25, 0.3) is 0 Å². The molecular weight excluding hydrogens is 350 g/mol.